The number of nitrogens with one attached hydrogen (secondary N) is 2. The molecular weight excluding hydrogens is 354 g/mol. The second-order valence-corrected chi connectivity index (χ2v) is 6.55. The number of methoxy groups -OCH3 is 1. The van der Waals surface area contributed by atoms with Crippen LogP contribution in [0, 0.1) is 5.92 Å². The molecule has 2 N–H and O–H groups in total. The zero-order valence-electron chi connectivity index (χ0n) is 14.4. The van der Waals surface area contributed by atoms with Crippen molar-refractivity contribution in [3.8, 4) is 5.75 Å². The number of hydrogen-bond acceptors (Lipinski definition) is 3. The highest BCUT2D eigenvalue weighted by atomic mass is 35.5. The number of halogens is 1. The lowest BCUT2D eigenvalue weighted by Gasteiger charge is -2.17. The molecule has 0 unspecified atom stereocenters. The Kier molecular flexibility index (Phi) is 5.63. The molecule has 1 aliphatic rings. The number of benzene rings is 2. The van der Waals surface area contributed by atoms with Gasteiger partial charge in [0.25, 0.3) is 0 Å². The second-order valence-electron chi connectivity index (χ2n) is 6.12. The van der Waals surface area contributed by atoms with E-state index in [1.165, 1.54) is 0 Å². The minimum absolute atomic E-state index is 0.0530. The number of nitrogens with zero attached hydrogens (tertiary/aromatic N) is 1. The summed E-state index contributed by atoms with van der Waals surface area (Å²) in [7, 11) is 1.60. The van der Waals surface area contributed by atoms with Crippen LogP contribution in [0.2, 0.25) is 5.02 Å². The second kappa shape index (κ2) is 8.10. The van der Waals surface area contributed by atoms with E-state index >= 15 is 0 Å². The quantitative estimate of drug-likeness (QED) is 0.842. The first kappa shape index (κ1) is 18.1. The van der Waals surface area contributed by atoms with Gasteiger partial charge in [0.15, 0.2) is 0 Å². The maximum absolute atomic E-state index is 12.3. The number of ether oxygens (including phenoxy) is 1. The van der Waals surface area contributed by atoms with E-state index in [0.717, 1.165) is 11.4 Å². The molecule has 1 heterocycles. The summed E-state index contributed by atoms with van der Waals surface area (Å²) in [4.78, 5) is 26.0. The van der Waals surface area contributed by atoms with E-state index in [2.05, 4.69) is 10.6 Å². The molecule has 26 heavy (non-hydrogen) atoms. The maximum Gasteiger partial charge on any atom is 0.319 e. The summed E-state index contributed by atoms with van der Waals surface area (Å²) in [6.07, 6.45) is 0.406. The van der Waals surface area contributed by atoms with Gasteiger partial charge in [-0.1, -0.05) is 17.7 Å². The summed E-state index contributed by atoms with van der Waals surface area (Å²) in [6, 6.07) is 14.0. The first-order valence-corrected chi connectivity index (χ1v) is 8.68. The molecule has 1 aliphatic heterocycles. The molecule has 2 aromatic carbocycles. The number of urea groups is 1. The third-order valence-electron chi connectivity index (χ3n) is 4.22. The number of amides is 3. The smallest absolute Gasteiger partial charge is 0.319 e. The summed E-state index contributed by atoms with van der Waals surface area (Å²) in [6.45, 7) is 0.993. The van der Waals surface area contributed by atoms with Gasteiger partial charge in [0.05, 0.1) is 7.11 Å². The molecule has 0 radical (unpaired) electrons. The predicted octanol–water partition coefficient (Wildman–Crippen LogP) is 3.52. The summed E-state index contributed by atoms with van der Waals surface area (Å²) >= 11 is 5.90. The van der Waals surface area contributed by atoms with Crippen LogP contribution in [0.15, 0.2) is 48.5 Å². The molecule has 0 aliphatic carbocycles. The van der Waals surface area contributed by atoms with Crippen LogP contribution in [0.1, 0.15) is 6.42 Å². The number of carbonyl (C=O) groups is 2. The van der Waals surface area contributed by atoms with Gasteiger partial charge in [0, 0.05) is 41.8 Å². The monoisotopic (exact) mass is 373 g/mol. The van der Waals surface area contributed by atoms with Crippen molar-refractivity contribution < 1.29 is 14.3 Å². The molecule has 3 amide bonds. The van der Waals surface area contributed by atoms with Crippen LogP contribution in [-0.4, -0.2) is 32.1 Å². The molecule has 0 aromatic heterocycles. The summed E-state index contributed by atoms with van der Waals surface area (Å²) in [5, 5.41) is 6.09. The summed E-state index contributed by atoms with van der Waals surface area (Å²) in [5.74, 6) is 0.864. The molecule has 1 fully saturated rings. The zero-order valence-corrected chi connectivity index (χ0v) is 15.1. The van der Waals surface area contributed by atoms with E-state index in [0.29, 0.717) is 30.2 Å². The molecule has 0 spiro atoms. The van der Waals surface area contributed by atoms with Gasteiger partial charge in [-0.2, -0.15) is 0 Å². The van der Waals surface area contributed by atoms with Crippen molar-refractivity contribution in [2.75, 3.05) is 30.4 Å². The van der Waals surface area contributed by atoms with E-state index in [1.807, 2.05) is 24.3 Å². The van der Waals surface area contributed by atoms with Crippen LogP contribution in [0.3, 0.4) is 0 Å². The van der Waals surface area contributed by atoms with Crippen molar-refractivity contribution in [1.82, 2.24) is 5.32 Å². The first-order chi connectivity index (χ1) is 12.5. The summed E-state index contributed by atoms with van der Waals surface area (Å²) in [5.41, 5.74) is 1.46. The minimum Gasteiger partial charge on any atom is -0.497 e. The molecule has 0 bridgehead atoms. The standard InChI is InChI=1S/C19H20ClN3O3/c1-26-17-7-5-16(6-8-17)23-12-13(9-18(23)24)11-21-19(25)22-15-4-2-3-14(20)10-15/h2-8,10,13H,9,11-12H2,1H3,(H2,21,22,25)/t13-/m0/s1. The van der Waals surface area contributed by atoms with Crippen LogP contribution < -0.4 is 20.3 Å². The van der Waals surface area contributed by atoms with Crippen LogP contribution in [0.4, 0.5) is 16.2 Å². The van der Waals surface area contributed by atoms with E-state index in [1.54, 1.807) is 36.3 Å². The largest absolute Gasteiger partial charge is 0.497 e. The van der Waals surface area contributed by atoms with Crippen LogP contribution in [-0.2, 0) is 4.79 Å². The van der Waals surface area contributed by atoms with Crippen LogP contribution in [0.5, 0.6) is 5.75 Å². The predicted molar refractivity (Wildman–Crippen MR) is 102 cm³/mol. The molecule has 1 atom stereocenters. The molecule has 1 saturated heterocycles. The van der Waals surface area contributed by atoms with Crippen molar-refractivity contribution >= 4 is 34.9 Å². The SMILES string of the molecule is COc1ccc(N2C[C@H](CNC(=O)Nc3cccc(Cl)c3)CC2=O)cc1. The molecular formula is C19H20ClN3O3. The van der Waals surface area contributed by atoms with Crippen molar-refractivity contribution in [2.24, 2.45) is 5.92 Å². The van der Waals surface area contributed by atoms with Gasteiger partial charge in [-0.05, 0) is 42.5 Å². The fourth-order valence-electron chi connectivity index (χ4n) is 2.91. The molecule has 2 aromatic rings. The number of carbonyl (C=O) groups excluding carboxylic acids is 2. The van der Waals surface area contributed by atoms with Crippen molar-refractivity contribution in [3.63, 3.8) is 0 Å². The molecule has 3 rings (SSSR count). The molecule has 7 heteroatoms. The lowest BCUT2D eigenvalue weighted by atomic mass is 10.1. The topological polar surface area (TPSA) is 70.7 Å². The van der Waals surface area contributed by atoms with E-state index in [9.17, 15) is 9.59 Å². The van der Waals surface area contributed by atoms with Gasteiger partial charge in [0.1, 0.15) is 5.75 Å². The normalized spacial score (nSPS) is 16.5. The molecule has 6 nitrogen and oxygen atoms in total. The highest BCUT2D eigenvalue weighted by molar-refractivity contribution is 6.30. The lowest BCUT2D eigenvalue weighted by Crippen LogP contribution is -2.34. The lowest BCUT2D eigenvalue weighted by molar-refractivity contribution is -0.117. The molecule has 136 valence electrons. The zero-order chi connectivity index (χ0) is 18.5. The average molecular weight is 374 g/mol. The van der Waals surface area contributed by atoms with Crippen molar-refractivity contribution in [3.05, 3.63) is 53.6 Å². The molecule has 0 saturated carbocycles. The van der Waals surface area contributed by atoms with Gasteiger partial charge in [-0.15, -0.1) is 0 Å². The Morgan fingerprint density at radius 3 is 2.73 bits per heavy atom. The first-order valence-electron chi connectivity index (χ1n) is 8.30. The third kappa shape index (κ3) is 4.46. The Bertz CT molecular complexity index is 795. The Hall–Kier alpha value is -2.73. The average Bonchev–Trinajstić information content (AvgIpc) is 3.01. The van der Waals surface area contributed by atoms with Crippen molar-refractivity contribution in [1.29, 1.82) is 0 Å². The van der Waals surface area contributed by atoms with Crippen LogP contribution >= 0.6 is 11.6 Å². The van der Waals surface area contributed by atoms with Gasteiger partial charge in [-0.25, -0.2) is 4.79 Å². The van der Waals surface area contributed by atoms with Gasteiger partial charge >= 0.3 is 6.03 Å². The van der Waals surface area contributed by atoms with Crippen molar-refractivity contribution in [2.45, 2.75) is 6.42 Å². The van der Waals surface area contributed by atoms with E-state index in [-0.39, 0.29) is 17.9 Å². The van der Waals surface area contributed by atoms with E-state index in [4.69, 9.17) is 16.3 Å². The Balaban J connectivity index is 1.51. The highest BCUT2D eigenvalue weighted by Gasteiger charge is 2.30. The van der Waals surface area contributed by atoms with Gasteiger partial charge in [0.2, 0.25) is 5.91 Å². The number of rotatable bonds is 5. The Morgan fingerprint density at radius 1 is 1.27 bits per heavy atom. The van der Waals surface area contributed by atoms with E-state index < -0.39 is 0 Å². The summed E-state index contributed by atoms with van der Waals surface area (Å²) < 4.78 is 5.13. The third-order valence-corrected chi connectivity index (χ3v) is 4.46. The fourth-order valence-corrected chi connectivity index (χ4v) is 3.10. The fraction of sp³-hybridized carbons (Fsp3) is 0.263. The van der Waals surface area contributed by atoms with Gasteiger partial charge < -0.3 is 20.3 Å². The minimum atomic E-state index is -0.317. The van der Waals surface area contributed by atoms with Gasteiger partial charge in [-0.3, -0.25) is 4.79 Å². The Morgan fingerprint density at radius 2 is 2.04 bits per heavy atom. The number of hydrogen-bond donors (Lipinski definition) is 2. The number of anilines is 2. The maximum atomic E-state index is 12.3. The van der Waals surface area contributed by atoms with Crippen LogP contribution in [0.25, 0.3) is 0 Å². The Labute approximate surface area is 157 Å². The highest BCUT2D eigenvalue weighted by Crippen LogP contribution is 2.26.